The first-order chi connectivity index (χ1) is 11.0. The van der Waals surface area contributed by atoms with Gasteiger partial charge in [0.25, 0.3) is 0 Å². The average molecular weight is 377 g/mol. The third-order valence-corrected chi connectivity index (χ3v) is 4.04. The number of nitrogens with one attached hydrogen (secondary N) is 2. The highest BCUT2D eigenvalue weighted by molar-refractivity contribution is 9.10. The second kappa shape index (κ2) is 8.62. The molecule has 0 atom stereocenters. The van der Waals surface area contributed by atoms with Gasteiger partial charge < -0.3 is 10.6 Å². The van der Waals surface area contributed by atoms with Crippen molar-refractivity contribution in [2.45, 2.75) is 26.7 Å². The van der Waals surface area contributed by atoms with Crippen molar-refractivity contribution in [1.29, 1.82) is 0 Å². The molecule has 5 nitrogen and oxygen atoms in total. The lowest BCUT2D eigenvalue weighted by molar-refractivity contribution is -0.115. The molecule has 2 aromatic rings. The van der Waals surface area contributed by atoms with Crippen LogP contribution in [0.2, 0.25) is 0 Å². The van der Waals surface area contributed by atoms with Gasteiger partial charge in [-0.3, -0.25) is 4.79 Å². The van der Waals surface area contributed by atoms with E-state index in [1.807, 2.05) is 30.3 Å². The number of benzene rings is 1. The minimum Gasteiger partial charge on any atom is -0.369 e. The SMILES string of the molecule is CC(C)CCNc1ccc(NC(=O)Cc2ccccc2Br)nn1. The number of carbonyl (C=O) groups excluding carboxylic acids is 1. The van der Waals surface area contributed by atoms with E-state index in [1.165, 1.54) is 0 Å². The van der Waals surface area contributed by atoms with E-state index in [2.05, 4.69) is 50.6 Å². The van der Waals surface area contributed by atoms with Gasteiger partial charge in [-0.2, -0.15) is 0 Å². The Morgan fingerprint density at radius 3 is 2.48 bits per heavy atom. The number of hydrogen-bond acceptors (Lipinski definition) is 4. The van der Waals surface area contributed by atoms with Gasteiger partial charge in [-0.1, -0.05) is 48.0 Å². The number of aromatic nitrogens is 2. The highest BCUT2D eigenvalue weighted by Gasteiger charge is 2.08. The van der Waals surface area contributed by atoms with Crippen molar-refractivity contribution in [3.05, 3.63) is 46.4 Å². The van der Waals surface area contributed by atoms with Gasteiger partial charge in [0.15, 0.2) is 5.82 Å². The summed E-state index contributed by atoms with van der Waals surface area (Å²) in [5.74, 6) is 1.70. The summed E-state index contributed by atoms with van der Waals surface area (Å²) in [5, 5.41) is 14.1. The molecule has 2 rings (SSSR count). The molecule has 0 aliphatic carbocycles. The molecular formula is C17H21BrN4O. The quantitative estimate of drug-likeness (QED) is 0.769. The molecule has 0 radical (unpaired) electrons. The van der Waals surface area contributed by atoms with Crippen LogP contribution in [-0.2, 0) is 11.2 Å². The van der Waals surface area contributed by atoms with Crippen LogP contribution in [-0.4, -0.2) is 22.6 Å². The van der Waals surface area contributed by atoms with Gasteiger partial charge in [0.05, 0.1) is 6.42 Å². The Morgan fingerprint density at radius 1 is 1.13 bits per heavy atom. The van der Waals surface area contributed by atoms with E-state index in [0.29, 0.717) is 11.7 Å². The van der Waals surface area contributed by atoms with Crippen LogP contribution in [0, 0.1) is 5.92 Å². The smallest absolute Gasteiger partial charge is 0.230 e. The summed E-state index contributed by atoms with van der Waals surface area (Å²) in [6.45, 7) is 5.22. The fourth-order valence-electron chi connectivity index (χ4n) is 1.98. The first-order valence-corrected chi connectivity index (χ1v) is 8.44. The molecule has 0 aliphatic heterocycles. The molecule has 1 aromatic carbocycles. The van der Waals surface area contributed by atoms with Crippen LogP contribution in [0.1, 0.15) is 25.8 Å². The van der Waals surface area contributed by atoms with Gasteiger partial charge in [0, 0.05) is 11.0 Å². The summed E-state index contributed by atoms with van der Waals surface area (Å²) in [7, 11) is 0. The van der Waals surface area contributed by atoms with Crippen LogP contribution >= 0.6 is 15.9 Å². The van der Waals surface area contributed by atoms with Crippen molar-refractivity contribution in [3.8, 4) is 0 Å². The van der Waals surface area contributed by atoms with Crippen LogP contribution in [0.15, 0.2) is 40.9 Å². The number of rotatable bonds is 7. The standard InChI is InChI=1S/C17H21BrN4O/c1-12(2)9-10-19-15-7-8-16(22-21-15)20-17(23)11-13-5-3-4-6-14(13)18/h3-8,12H,9-11H2,1-2H3,(H,19,21)(H,20,22,23). The van der Waals surface area contributed by atoms with E-state index in [9.17, 15) is 4.79 Å². The molecule has 1 amide bonds. The van der Waals surface area contributed by atoms with Gasteiger partial charge in [0.2, 0.25) is 5.91 Å². The number of carbonyl (C=O) groups is 1. The molecule has 0 saturated carbocycles. The van der Waals surface area contributed by atoms with Gasteiger partial charge in [0.1, 0.15) is 5.82 Å². The topological polar surface area (TPSA) is 66.9 Å². The molecule has 6 heteroatoms. The van der Waals surface area contributed by atoms with Crippen molar-refractivity contribution < 1.29 is 4.79 Å². The summed E-state index contributed by atoms with van der Waals surface area (Å²) in [4.78, 5) is 12.1. The molecule has 0 spiro atoms. The number of nitrogens with zero attached hydrogens (tertiary/aromatic N) is 2. The van der Waals surface area contributed by atoms with Crippen LogP contribution < -0.4 is 10.6 Å². The van der Waals surface area contributed by atoms with Crippen LogP contribution in [0.5, 0.6) is 0 Å². The van der Waals surface area contributed by atoms with Crippen molar-refractivity contribution in [2.75, 3.05) is 17.2 Å². The average Bonchev–Trinajstić information content (AvgIpc) is 2.51. The molecule has 122 valence electrons. The lowest BCUT2D eigenvalue weighted by atomic mass is 10.1. The molecule has 0 aliphatic rings. The Morgan fingerprint density at radius 2 is 1.83 bits per heavy atom. The van der Waals surface area contributed by atoms with Crippen LogP contribution in [0.4, 0.5) is 11.6 Å². The second-order valence-corrected chi connectivity index (χ2v) is 6.58. The molecule has 0 bridgehead atoms. The Labute approximate surface area is 145 Å². The third kappa shape index (κ3) is 5.98. The van der Waals surface area contributed by atoms with Crippen molar-refractivity contribution in [2.24, 2.45) is 5.92 Å². The first kappa shape index (κ1) is 17.4. The van der Waals surface area contributed by atoms with E-state index in [4.69, 9.17) is 0 Å². The normalized spacial score (nSPS) is 10.6. The Hall–Kier alpha value is -1.95. The lowest BCUT2D eigenvalue weighted by Crippen LogP contribution is -2.16. The Bertz CT molecular complexity index is 643. The van der Waals surface area contributed by atoms with Gasteiger partial charge in [-0.25, -0.2) is 0 Å². The summed E-state index contributed by atoms with van der Waals surface area (Å²) in [5.41, 5.74) is 0.935. The van der Waals surface area contributed by atoms with Crippen LogP contribution in [0.25, 0.3) is 0 Å². The Balaban J connectivity index is 1.85. The van der Waals surface area contributed by atoms with Gasteiger partial charge in [-0.15, -0.1) is 10.2 Å². The predicted molar refractivity (Wildman–Crippen MR) is 96.5 cm³/mol. The summed E-state index contributed by atoms with van der Waals surface area (Å²) < 4.78 is 0.922. The molecule has 23 heavy (non-hydrogen) atoms. The predicted octanol–water partition coefficient (Wildman–Crippen LogP) is 3.88. The minimum absolute atomic E-state index is 0.119. The molecule has 0 fully saturated rings. The molecule has 1 heterocycles. The van der Waals surface area contributed by atoms with E-state index in [-0.39, 0.29) is 12.3 Å². The van der Waals surface area contributed by atoms with Crippen LogP contribution in [0.3, 0.4) is 0 Å². The van der Waals surface area contributed by atoms with Crippen molar-refractivity contribution in [1.82, 2.24) is 10.2 Å². The monoisotopic (exact) mass is 376 g/mol. The number of halogens is 1. The highest BCUT2D eigenvalue weighted by atomic mass is 79.9. The lowest BCUT2D eigenvalue weighted by Gasteiger charge is -2.08. The molecule has 0 unspecified atom stereocenters. The zero-order valence-corrected chi connectivity index (χ0v) is 14.9. The second-order valence-electron chi connectivity index (χ2n) is 5.73. The van der Waals surface area contributed by atoms with E-state index < -0.39 is 0 Å². The number of hydrogen-bond donors (Lipinski definition) is 2. The van der Waals surface area contributed by atoms with Gasteiger partial charge in [-0.05, 0) is 36.1 Å². The maximum atomic E-state index is 12.1. The van der Waals surface area contributed by atoms with Gasteiger partial charge >= 0.3 is 0 Å². The fraction of sp³-hybridized carbons (Fsp3) is 0.353. The number of amides is 1. The fourth-order valence-corrected chi connectivity index (χ4v) is 2.41. The molecule has 1 aromatic heterocycles. The number of anilines is 2. The zero-order valence-electron chi connectivity index (χ0n) is 13.3. The van der Waals surface area contributed by atoms with E-state index in [1.54, 1.807) is 6.07 Å². The maximum Gasteiger partial charge on any atom is 0.230 e. The minimum atomic E-state index is -0.119. The summed E-state index contributed by atoms with van der Waals surface area (Å²) in [6.07, 6.45) is 1.36. The van der Waals surface area contributed by atoms with E-state index >= 15 is 0 Å². The first-order valence-electron chi connectivity index (χ1n) is 7.65. The van der Waals surface area contributed by atoms with E-state index in [0.717, 1.165) is 28.8 Å². The highest BCUT2D eigenvalue weighted by Crippen LogP contribution is 2.17. The molecular weight excluding hydrogens is 356 g/mol. The molecule has 2 N–H and O–H groups in total. The van der Waals surface area contributed by atoms with Crippen molar-refractivity contribution in [3.63, 3.8) is 0 Å². The maximum absolute atomic E-state index is 12.1. The zero-order chi connectivity index (χ0) is 16.7. The molecule has 0 saturated heterocycles. The summed E-state index contributed by atoms with van der Waals surface area (Å²) in [6, 6.07) is 11.2. The Kier molecular flexibility index (Phi) is 6.52. The largest absolute Gasteiger partial charge is 0.369 e. The van der Waals surface area contributed by atoms with Crippen molar-refractivity contribution >= 4 is 33.5 Å². The third-order valence-electron chi connectivity index (χ3n) is 3.27. The summed E-state index contributed by atoms with van der Waals surface area (Å²) >= 11 is 3.44.